The Balaban J connectivity index is 1.20. The molecule has 13 nitrogen and oxygen atoms in total. The quantitative estimate of drug-likeness (QED) is 0.0620. The van der Waals surface area contributed by atoms with E-state index in [2.05, 4.69) is 35.1 Å². The van der Waals surface area contributed by atoms with Crippen LogP contribution < -0.4 is 19.5 Å². The molecule has 0 saturated heterocycles. The largest absolute Gasteiger partial charge is 0.487 e. The predicted octanol–water partition coefficient (Wildman–Crippen LogP) is 7.91. The van der Waals surface area contributed by atoms with Gasteiger partial charge in [-0.3, -0.25) is 0 Å². The lowest BCUT2D eigenvalue weighted by atomic mass is 9.43. The number of carbonyl (C=O) groups is 1. The van der Waals surface area contributed by atoms with Crippen molar-refractivity contribution in [3.8, 4) is 17.2 Å². The molecule has 4 aliphatic rings. The number of benzene rings is 1. The molecule has 2 atom stereocenters. The average Bonchev–Trinajstić information content (AvgIpc) is 3.10. The van der Waals surface area contributed by atoms with Crippen molar-refractivity contribution >= 4 is 22.0 Å². The Morgan fingerprint density at radius 2 is 1.02 bits per heavy atom. The Hall–Kier alpha value is -1.91. The summed E-state index contributed by atoms with van der Waals surface area (Å²) in [5.74, 6) is 2.22. The Labute approximate surface area is 356 Å². The summed E-state index contributed by atoms with van der Waals surface area (Å²) >= 11 is 3.57. The van der Waals surface area contributed by atoms with Gasteiger partial charge in [0, 0.05) is 10.9 Å². The first-order valence-corrected chi connectivity index (χ1v) is 22.4. The van der Waals surface area contributed by atoms with Crippen LogP contribution in [0.25, 0.3) is 0 Å². The number of hydrogen-bond acceptors (Lipinski definition) is 12. The van der Waals surface area contributed by atoms with Crippen LogP contribution in [-0.2, 0) is 43.2 Å². The van der Waals surface area contributed by atoms with E-state index in [1.54, 1.807) is 0 Å². The summed E-state index contributed by atoms with van der Waals surface area (Å²) in [6, 6.07) is 3.84. The molecule has 5 rings (SSSR count). The zero-order chi connectivity index (χ0) is 42.1. The van der Waals surface area contributed by atoms with Gasteiger partial charge in [0.15, 0.2) is 11.5 Å². The number of rotatable bonds is 29. The van der Waals surface area contributed by atoms with E-state index in [4.69, 9.17) is 52.1 Å². The van der Waals surface area contributed by atoms with Crippen molar-refractivity contribution < 1.29 is 56.9 Å². The molecular weight excluding hydrogens is 814 g/mol. The van der Waals surface area contributed by atoms with E-state index in [0.717, 1.165) is 24.8 Å². The van der Waals surface area contributed by atoms with Crippen molar-refractivity contribution in [2.24, 2.45) is 16.7 Å². The summed E-state index contributed by atoms with van der Waals surface area (Å²) in [6.07, 6.45) is 6.58. The maximum Gasteiger partial charge on any atom is 0.407 e. The third-order valence-corrected chi connectivity index (χ3v) is 11.1. The number of amides is 1. The summed E-state index contributed by atoms with van der Waals surface area (Å²) in [4.78, 5) is 12.9. The molecule has 0 aliphatic heterocycles. The van der Waals surface area contributed by atoms with Gasteiger partial charge in [0.2, 0.25) is 5.75 Å². The minimum Gasteiger partial charge on any atom is -0.487 e. The van der Waals surface area contributed by atoms with Gasteiger partial charge < -0.3 is 57.4 Å². The summed E-state index contributed by atoms with van der Waals surface area (Å²) < 4.78 is 64.0. The number of halogens is 1. The lowest BCUT2D eigenvalue weighted by Gasteiger charge is -2.65. The first-order chi connectivity index (χ1) is 27.5. The van der Waals surface area contributed by atoms with Crippen LogP contribution in [0.15, 0.2) is 12.1 Å². The van der Waals surface area contributed by atoms with Crippen molar-refractivity contribution in [1.82, 2.24) is 5.32 Å². The summed E-state index contributed by atoms with van der Waals surface area (Å²) in [5, 5.41) is 3.89. The summed E-state index contributed by atoms with van der Waals surface area (Å²) in [7, 11) is 0. The van der Waals surface area contributed by atoms with Crippen LogP contribution >= 0.6 is 15.9 Å². The number of nitrogens with one attached hydrogen (secondary N) is 1. The number of alkyl halides is 1. The first-order valence-electron chi connectivity index (χ1n) is 21.2. The highest BCUT2D eigenvalue weighted by molar-refractivity contribution is 9.08. The second-order valence-electron chi connectivity index (χ2n) is 18.8. The minimum absolute atomic E-state index is 0.150. The van der Waals surface area contributed by atoms with Gasteiger partial charge >= 0.3 is 6.09 Å². The standard InChI is InChI=1S/C44H74BrNO12/c1-40(2,3)57-23-17-50-11-9-48-13-19-53-36-25-34(30-45)26-37(54-20-14-49-10-12-51-18-24-58-41(4,5)6)38(36)55-21-15-52-16-22-56-39(47)46-44-29-35-27-42(7,32-44)31-43(8,28-35)33-44/h25-26,35H,9-24,27-33H2,1-8H3,(H,46,47). The SMILES string of the molecule is CC12CC3CC(C)(C1)CC(NC(=O)OCCOCCOc1c(OCCOCCOCCOC(C)(C)C)cc(CBr)cc1OCCOCCOCCOC(C)(C)C)(C3)C2. The van der Waals surface area contributed by atoms with Crippen molar-refractivity contribution in [3.63, 3.8) is 0 Å². The van der Waals surface area contributed by atoms with Crippen molar-refractivity contribution in [2.75, 3.05) is 106 Å². The molecule has 334 valence electrons. The number of carbonyl (C=O) groups excluding carboxylic acids is 1. The topological polar surface area (TPSA) is 131 Å². The van der Waals surface area contributed by atoms with Crippen LogP contribution in [0, 0.1) is 16.7 Å². The highest BCUT2D eigenvalue weighted by atomic mass is 79.9. The Bertz CT molecular complexity index is 1290. The van der Waals surface area contributed by atoms with Crippen LogP contribution in [0.2, 0.25) is 0 Å². The van der Waals surface area contributed by atoms with Gasteiger partial charge in [0.25, 0.3) is 0 Å². The molecule has 1 amide bonds. The van der Waals surface area contributed by atoms with Crippen LogP contribution in [0.3, 0.4) is 0 Å². The normalized spacial score (nSPS) is 23.9. The third-order valence-electron chi connectivity index (χ3n) is 10.4. The van der Waals surface area contributed by atoms with Crippen LogP contribution in [0.5, 0.6) is 17.2 Å². The number of ether oxygens (including phenoxy) is 11. The van der Waals surface area contributed by atoms with Gasteiger partial charge in [-0.15, -0.1) is 0 Å². The maximum atomic E-state index is 12.9. The van der Waals surface area contributed by atoms with Crippen molar-refractivity contribution in [1.29, 1.82) is 0 Å². The molecule has 1 aromatic carbocycles. The molecule has 2 unspecified atom stereocenters. The van der Waals surface area contributed by atoms with Crippen LogP contribution in [-0.4, -0.2) is 129 Å². The van der Waals surface area contributed by atoms with Crippen LogP contribution in [0.4, 0.5) is 4.79 Å². The van der Waals surface area contributed by atoms with E-state index in [-0.39, 0.29) is 49.3 Å². The summed E-state index contributed by atoms with van der Waals surface area (Å²) in [6.45, 7) is 23.1. The van der Waals surface area contributed by atoms with Gasteiger partial charge in [-0.2, -0.15) is 0 Å². The monoisotopic (exact) mass is 887 g/mol. The lowest BCUT2D eigenvalue weighted by Crippen LogP contribution is -2.65. The zero-order valence-electron chi connectivity index (χ0n) is 36.8. The molecule has 4 bridgehead atoms. The molecule has 58 heavy (non-hydrogen) atoms. The molecule has 0 radical (unpaired) electrons. The fourth-order valence-electron chi connectivity index (χ4n) is 9.28. The van der Waals surface area contributed by atoms with E-state index < -0.39 is 0 Å². The zero-order valence-corrected chi connectivity index (χ0v) is 38.4. The van der Waals surface area contributed by atoms with Crippen molar-refractivity contribution in [3.05, 3.63) is 17.7 Å². The lowest BCUT2D eigenvalue weighted by molar-refractivity contribution is -0.115. The molecule has 1 N–H and O–H groups in total. The van der Waals surface area contributed by atoms with Crippen molar-refractivity contribution in [2.45, 2.75) is 116 Å². The van der Waals surface area contributed by atoms with E-state index >= 15 is 0 Å². The van der Waals surface area contributed by atoms with E-state index in [9.17, 15) is 4.79 Å². The molecule has 4 saturated carbocycles. The molecule has 4 aliphatic carbocycles. The third kappa shape index (κ3) is 18.0. The Morgan fingerprint density at radius 3 is 1.45 bits per heavy atom. The second kappa shape index (κ2) is 23.3. The first kappa shape index (κ1) is 48.8. The fraction of sp³-hybridized carbons (Fsp3) is 0.841. The predicted molar refractivity (Wildman–Crippen MR) is 226 cm³/mol. The van der Waals surface area contributed by atoms with Crippen LogP contribution in [0.1, 0.15) is 99.5 Å². The average molecular weight is 889 g/mol. The molecule has 0 spiro atoms. The molecule has 0 aromatic heterocycles. The molecule has 1 aromatic rings. The van der Waals surface area contributed by atoms with E-state index in [1.807, 2.05) is 53.7 Å². The van der Waals surface area contributed by atoms with Gasteiger partial charge in [0.05, 0.1) is 90.5 Å². The maximum absolute atomic E-state index is 12.9. The van der Waals surface area contributed by atoms with E-state index in [1.165, 1.54) is 19.3 Å². The van der Waals surface area contributed by atoms with E-state index in [0.29, 0.717) is 119 Å². The van der Waals surface area contributed by atoms with Gasteiger partial charge in [0.1, 0.15) is 26.4 Å². The summed E-state index contributed by atoms with van der Waals surface area (Å²) in [5.41, 5.74) is 1.06. The number of alkyl carbamates (subject to hydrolysis) is 1. The van der Waals surface area contributed by atoms with Gasteiger partial charge in [-0.05, 0) is 115 Å². The second-order valence-corrected chi connectivity index (χ2v) is 19.3. The smallest absolute Gasteiger partial charge is 0.407 e. The van der Waals surface area contributed by atoms with Gasteiger partial charge in [-0.25, -0.2) is 4.79 Å². The minimum atomic E-state index is -0.353. The molecule has 4 fully saturated rings. The number of hydrogen-bond donors (Lipinski definition) is 1. The highest BCUT2D eigenvalue weighted by Crippen LogP contribution is 2.66. The Morgan fingerprint density at radius 1 is 0.603 bits per heavy atom. The molecular formula is C44H74BrNO12. The Kier molecular flexibility index (Phi) is 19.6. The molecule has 14 heteroatoms. The molecule has 0 heterocycles. The fourth-order valence-corrected chi connectivity index (χ4v) is 9.60. The van der Waals surface area contributed by atoms with Gasteiger partial charge in [-0.1, -0.05) is 29.8 Å². The highest BCUT2D eigenvalue weighted by Gasteiger charge is 2.60.